The highest BCUT2D eigenvalue weighted by Crippen LogP contribution is 2.31. The smallest absolute Gasteiger partial charge is 0.341 e. The van der Waals surface area contributed by atoms with Gasteiger partial charge in [-0.2, -0.15) is 4.31 Å². The van der Waals surface area contributed by atoms with Crippen LogP contribution in [0.25, 0.3) is 0 Å². The number of esters is 1. The molecule has 0 bridgehead atoms. The molecule has 0 spiro atoms. The van der Waals surface area contributed by atoms with Gasteiger partial charge in [-0.25, -0.2) is 13.2 Å². The zero-order valence-electron chi connectivity index (χ0n) is 14.4. The summed E-state index contributed by atoms with van der Waals surface area (Å²) in [4.78, 5) is 11.8. The van der Waals surface area contributed by atoms with Crippen LogP contribution in [0.15, 0.2) is 39.8 Å². The third-order valence-electron chi connectivity index (χ3n) is 4.29. The second kappa shape index (κ2) is 7.40. The fraction of sp³-hybridized carbons (Fsp3) is 0.353. The van der Waals surface area contributed by atoms with Crippen LogP contribution in [0.5, 0.6) is 0 Å². The summed E-state index contributed by atoms with van der Waals surface area (Å²) in [6.07, 6.45) is 0. The molecule has 9 heteroatoms. The number of carbonyl (C=O) groups excluding carboxylic acids is 1. The van der Waals surface area contributed by atoms with Crippen molar-refractivity contribution in [3.05, 3.63) is 52.2 Å². The van der Waals surface area contributed by atoms with Crippen molar-refractivity contribution in [2.45, 2.75) is 18.1 Å². The molecule has 1 aromatic carbocycles. The Labute approximate surface area is 156 Å². The van der Waals surface area contributed by atoms with E-state index in [4.69, 9.17) is 16.0 Å². The Morgan fingerprint density at radius 1 is 1.38 bits per heavy atom. The number of nitrogens with one attached hydrogen (secondary N) is 1. The zero-order valence-corrected chi connectivity index (χ0v) is 15.9. The van der Waals surface area contributed by atoms with Gasteiger partial charge in [-0.1, -0.05) is 23.7 Å². The van der Waals surface area contributed by atoms with Crippen molar-refractivity contribution in [3.8, 4) is 0 Å². The quantitative estimate of drug-likeness (QED) is 0.795. The first-order valence-corrected chi connectivity index (χ1v) is 9.83. The third-order valence-corrected chi connectivity index (χ3v) is 6.29. The Morgan fingerprint density at radius 3 is 2.85 bits per heavy atom. The molecule has 1 unspecified atom stereocenters. The average Bonchev–Trinajstić information content (AvgIpc) is 3.03. The van der Waals surface area contributed by atoms with Gasteiger partial charge in [-0.15, -0.1) is 0 Å². The minimum Gasteiger partial charge on any atom is -0.465 e. The second-order valence-corrected chi connectivity index (χ2v) is 8.18. The van der Waals surface area contributed by atoms with Gasteiger partial charge >= 0.3 is 5.97 Å². The van der Waals surface area contributed by atoms with Crippen LogP contribution in [-0.4, -0.2) is 45.4 Å². The highest BCUT2D eigenvalue weighted by Gasteiger charge is 2.37. The molecule has 26 heavy (non-hydrogen) atoms. The molecule has 1 N–H and O–H groups in total. The lowest BCUT2D eigenvalue weighted by atomic mass is 10.1. The Balaban J connectivity index is 2.00. The molecule has 0 amide bonds. The van der Waals surface area contributed by atoms with E-state index in [1.165, 1.54) is 24.4 Å². The largest absolute Gasteiger partial charge is 0.465 e. The van der Waals surface area contributed by atoms with Crippen molar-refractivity contribution in [2.24, 2.45) is 0 Å². The van der Waals surface area contributed by atoms with Crippen molar-refractivity contribution < 1.29 is 22.4 Å². The highest BCUT2D eigenvalue weighted by atomic mass is 35.5. The number of halogens is 1. The maximum Gasteiger partial charge on any atom is 0.341 e. The molecule has 1 atom stereocenters. The van der Waals surface area contributed by atoms with Gasteiger partial charge in [0.05, 0.1) is 13.2 Å². The van der Waals surface area contributed by atoms with Gasteiger partial charge in [0.15, 0.2) is 0 Å². The van der Waals surface area contributed by atoms with E-state index in [1.54, 1.807) is 18.2 Å². The van der Waals surface area contributed by atoms with Gasteiger partial charge in [0, 0.05) is 30.7 Å². The SMILES string of the molecule is COC(=O)c1cc(S(=O)(=O)N2CCNCC2c2cccc(Cl)c2)oc1C. The van der Waals surface area contributed by atoms with Crippen LogP contribution in [0, 0.1) is 6.92 Å². The summed E-state index contributed by atoms with van der Waals surface area (Å²) in [7, 11) is -2.71. The first-order valence-electron chi connectivity index (χ1n) is 8.01. The van der Waals surface area contributed by atoms with Crippen molar-refractivity contribution in [1.29, 1.82) is 0 Å². The molecular weight excluding hydrogens is 380 g/mol. The normalized spacial score (nSPS) is 18.7. The number of piperazine rings is 1. The second-order valence-electron chi connectivity index (χ2n) is 5.92. The van der Waals surface area contributed by atoms with Gasteiger partial charge in [-0.05, 0) is 24.6 Å². The summed E-state index contributed by atoms with van der Waals surface area (Å²) in [5, 5.41) is 3.46. The van der Waals surface area contributed by atoms with Crippen molar-refractivity contribution >= 4 is 27.6 Å². The Hall–Kier alpha value is -1.87. The van der Waals surface area contributed by atoms with Crippen molar-refractivity contribution in [1.82, 2.24) is 9.62 Å². The minimum absolute atomic E-state index is 0.0977. The molecule has 3 rings (SSSR count). The number of furan rings is 1. The number of rotatable bonds is 4. The van der Waals surface area contributed by atoms with Crippen LogP contribution < -0.4 is 5.32 Å². The van der Waals surface area contributed by atoms with E-state index in [2.05, 4.69) is 10.1 Å². The van der Waals surface area contributed by atoms with Crippen molar-refractivity contribution in [2.75, 3.05) is 26.7 Å². The number of sulfonamides is 1. The van der Waals surface area contributed by atoms with Crippen LogP contribution in [0.2, 0.25) is 5.02 Å². The Morgan fingerprint density at radius 2 is 2.15 bits per heavy atom. The number of hydrogen-bond acceptors (Lipinski definition) is 6. The van der Waals surface area contributed by atoms with Crippen LogP contribution in [0.4, 0.5) is 0 Å². The summed E-state index contributed by atoms with van der Waals surface area (Å²) < 4.78 is 37.7. The number of nitrogens with zero attached hydrogens (tertiary/aromatic N) is 1. The van der Waals surface area contributed by atoms with E-state index in [0.717, 1.165) is 5.56 Å². The topological polar surface area (TPSA) is 88.9 Å². The number of carbonyl (C=O) groups is 1. The number of benzene rings is 1. The lowest BCUT2D eigenvalue weighted by molar-refractivity contribution is 0.0598. The van der Waals surface area contributed by atoms with Crippen LogP contribution in [0.3, 0.4) is 0 Å². The third kappa shape index (κ3) is 3.50. The lowest BCUT2D eigenvalue weighted by Crippen LogP contribution is -2.48. The zero-order chi connectivity index (χ0) is 18.9. The predicted molar refractivity (Wildman–Crippen MR) is 95.7 cm³/mol. The molecular formula is C17H19ClN2O5S. The molecule has 1 fully saturated rings. The van der Waals surface area contributed by atoms with Gasteiger partial charge in [0.2, 0.25) is 5.09 Å². The summed E-state index contributed by atoms with van der Waals surface area (Å²) in [5.74, 6) is -0.440. The molecule has 0 saturated carbocycles. The van der Waals surface area contributed by atoms with Crippen LogP contribution in [0.1, 0.15) is 27.7 Å². The van der Waals surface area contributed by atoms with Gasteiger partial charge in [-0.3, -0.25) is 0 Å². The summed E-state index contributed by atoms with van der Waals surface area (Å²) in [6.45, 7) is 2.76. The molecule has 140 valence electrons. The van der Waals surface area contributed by atoms with E-state index in [9.17, 15) is 13.2 Å². The minimum atomic E-state index is -3.94. The van der Waals surface area contributed by atoms with Crippen LogP contribution in [-0.2, 0) is 14.8 Å². The molecule has 0 radical (unpaired) electrons. The predicted octanol–water partition coefficient (Wildman–Crippen LogP) is 2.36. The molecule has 1 aromatic heterocycles. The Kier molecular flexibility index (Phi) is 5.38. The first-order chi connectivity index (χ1) is 12.3. The Bertz CT molecular complexity index is 925. The summed E-state index contributed by atoms with van der Waals surface area (Å²) in [6, 6.07) is 7.88. The highest BCUT2D eigenvalue weighted by molar-refractivity contribution is 7.89. The van der Waals surface area contributed by atoms with E-state index >= 15 is 0 Å². The van der Waals surface area contributed by atoms with Crippen molar-refractivity contribution in [3.63, 3.8) is 0 Å². The molecule has 1 aliphatic rings. The summed E-state index contributed by atoms with van der Waals surface area (Å²) in [5.41, 5.74) is 0.880. The van der Waals surface area contributed by atoms with E-state index in [-0.39, 0.29) is 23.0 Å². The lowest BCUT2D eigenvalue weighted by Gasteiger charge is -2.34. The van der Waals surface area contributed by atoms with Gasteiger partial charge in [0.25, 0.3) is 10.0 Å². The van der Waals surface area contributed by atoms with E-state index in [0.29, 0.717) is 18.1 Å². The summed E-state index contributed by atoms with van der Waals surface area (Å²) >= 11 is 6.06. The standard InChI is InChI=1S/C17H19ClN2O5S/c1-11-14(17(21)24-2)9-16(25-11)26(22,23)20-7-6-19-10-15(20)12-4-3-5-13(18)8-12/h3-5,8-9,15,19H,6-7,10H2,1-2H3. The van der Waals surface area contributed by atoms with E-state index < -0.39 is 22.0 Å². The fourth-order valence-electron chi connectivity index (χ4n) is 2.98. The molecule has 1 saturated heterocycles. The molecule has 2 heterocycles. The van der Waals surface area contributed by atoms with E-state index in [1.807, 2.05) is 6.07 Å². The van der Waals surface area contributed by atoms with Gasteiger partial charge < -0.3 is 14.5 Å². The average molecular weight is 399 g/mol. The maximum absolute atomic E-state index is 13.2. The monoisotopic (exact) mass is 398 g/mol. The molecule has 0 aliphatic carbocycles. The first kappa shape index (κ1) is 18.9. The number of hydrogen-bond donors (Lipinski definition) is 1. The van der Waals surface area contributed by atoms with Gasteiger partial charge in [0.1, 0.15) is 11.3 Å². The molecule has 1 aliphatic heterocycles. The fourth-order valence-corrected chi connectivity index (χ4v) is 4.77. The van der Waals surface area contributed by atoms with Crippen LogP contribution >= 0.6 is 11.6 Å². The molecule has 7 nitrogen and oxygen atoms in total. The maximum atomic E-state index is 13.2. The molecule has 2 aromatic rings. The number of aryl methyl sites for hydroxylation is 1. The number of methoxy groups -OCH3 is 1. The number of ether oxygens (including phenoxy) is 1.